The van der Waals surface area contributed by atoms with E-state index in [2.05, 4.69) is 0 Å². The van der Waals surface area contributed by atoms with Gasteiger partial charge in [0.05, 0.1) is 32.1 Å². The molecule has 7 nitrogen and oxygen atoms in total. The molecule has 1 N–H and O–H groups in total. The first kappa shape index (κ1) is 18.9. The van der Waals surface area contributed by atoms with E-state index in [1.165, 1.54) is 25.6 Å². The van der Waals surface area contributed by atoms with Crippen molar-refractivity contribution in [1.29, 1.82) is 0 Å². The fraction of sp³-hybridized carbons (Fsp3) is 0.263. The molecule has 2 aromatic rings. The Bertz CT molecular complexity index is 892. The second-order valence-electron chi connectivity index (χ2n) is 5.83. The maximum absolute atomic E-state index is 13.2. The van der Waals surface area contributed by atoms with Crippen molar-refractivity contribution in [3.8, 4) is 11.5 Å². The number of rotatable bonds is 7. The van der Waals surface area contributed by atoms with Gasteiger partial charge in [-0.1, -0.05) is 6.07 Å². The summed E-state index contributed by atoms with van der Waals surface area (Å²) in [5, 5.41) is 11.1. The number of anilines is 1. The molecular weight excluding hydrogens is 368 g/mol. The topological polar surface area (TPSA) is 79.3 Å². The van der Waals surface area contributed by atoms with E-state index in [0.717, 1.165) is 4.90 Å². The standard InChI is InChI=1S/C19H20N2O5S/c1-20(8-9-22)17-16(15-5-4-10-27-15)18(23)21(19(17)24)13-7-6-12(25-2)11-14(13)26-3/h4-7,10-11,22H,8-9H2,1-3H3. The lowest BCUT2D eigenvalue weighted by molar-refractivity contribution is -0.120. The molecule has 0 fully saturated rings. The molecule has 0 saturated carbocycles. The Kier molecular flexibility index (Phi) is 5.48. The fourth-order valence-corrected chi connectivity index (χ4v) is 3.73. The van der Waals surface area contributed by atoms with Gasteiger partial charge in [-0.15, -0.1) is 11.3 Å². The largest absolute Gasteiger partial charge is 0.497 e. The third-order valence-electron chi connectivity index (χ3n) is 4.27. The molecule has 3 rings (SSSR count). The minimum Gasteiger partial charge on any atom is -0.497 e. The zero-order valence-electron chi connectivity index (χ0n) is 15.3. The fourth-order valence-electron chi connectivity index (χ4n) is 2.97. The Balaban J connectivity index is 2.12. The van der Waals surface area contributed by atoms with Crippen LogP contribution in [-0.4, -0.2) is 56.2 Å². The van der Waals surface area contributed by atoms with E-state index in [1.807, 2.05) is 11.4 Å². The van der Waals surface area contributed by atoms with Crippen LogP contribution in [0, 0.1) is 0 Å². The van der Waals surface area contributed by atoms with E-state index < -0.39 is 11.8 Å². The van der Waals surface area contributed by atoms with Gasteiger partial charge in [-0.3, -0.25) is 9.59 Å². The smallest absolute Gasteiger partial charge is 0.282 e. The predicted molar refractivity (Wildman–Crippen MR) is 103 cm³/mol. The maximum atomic E-state index is 13.2. The van der Waals surface area contributed by atoms with Crippen molar-refractivity contribution < 1.29 is 24.2 Å². The third-order valence-corrected chi connectivity index (χ3v) is 5.16. The molecule has 1 aromatic carbocycles. The van der Waals surface area contributed by atoms with Crippen molar-refractivity contribution in [2.45, 2.75) is 0 Å². The van der Waals surface area contributed by atoms with Gasteiger partial charge in [0.15, 0.2) is 0 Å². The summed E-state index contributed by atoms with van der Waals surface area (Å²) in [4.78, 5) is 29.8. The molecule has 0 radical (unpaired) electrons. The summed E-state index contributed by atoms with van der Waals surface area (Å²) in [5.74, 6) is 0.0277. The van der Waals surface area contributed by atoms with Gasteiger partial charge in [0, 0.05) is 24.5 Å². The number of amides is 2. The van der Waals surface area contributed by atoms with E-state index in [-0.39, 0.29) is 18.8 Å². The van der Waals surface area contributed by atoms with Gasteiger partial charge in [0.25, 0.3) is 11.8 Å². The maximum Gasteiger partial charge on any atom is 0.282 e. The lowest BCUT2D eigenvalue weighted by Crippen LogP contribution is -2.35. The summed E-state index contributed by atoms with van der Waals surface area (Å²) in [6, 6.07) is 8.53. The molecule has 2 amide bonds. The molecule has 8 heteroatoms. The van der Waals surface area contributed by atoms with Crippen LogP contribution >= 0.6 is 11.3 Å². The van der Waals surface area contributed by atoms with Gasteiger partial charge in [0.2, 0.25) is 0 Å². The average molecular weight is 388 g/mol. The quantitative estimate of drug-likeness (QED) is 0.731. The Labute approximate surface area is 161 Å². The number of thiophene rings is 1. The monoisotopic (exact) mass is 388 g/mol. The van der Waals surface area contributed by atoms with Crippen LogP contribution in [0.15, 0.2) is 41.4 Å². The molecule has 27 heavy (non-hydrogen) atoms. The Morgan fingerprint density at radius 3 is 2.52 bits per heavy atom. The first-order valence-electron chi connectivity index (χ1n) is 8.24. The van der Waals surface area contributed by atoms with Gasteiger partial charge in [0.1, 0.15) is 17.2 Å². The van der Waals surface area contributed by atoms with E-state index in [4.69, 9.17) is 9.47 Å². The summed E-state index contributed by atoms with van der Waals surface area (Å²) in [6.45, 7) is 0.0991. The number of ether oxygens (including phenoxy) is 2. The molecule has 1 aromatic heterocycles. The number of methoxy groups -OCH3 is 2. The van der Waals surface area contributed by atoms with E-state index >= 15 is 0 Å². The van der Waals surface area contributed by atoms with Crippen molar-refractivity contribution in [1.82, 2.24) is 4.90 Å². The van der Waals surface area contributed by atoms with Gasteiger partial charge in [-0.05, 0) is 23.6 Å². The normalized spacial score (nSPS) is 14.1. The predicted octanol–water partition coefficient (Wildman–Crippen LogP) is 1.97. The van der Waals surface area contributed by atoms with Crippen LogP contribution in [0.2, 0.25) is 0 Å². The minimum atomic E-state index is -0.456. The minimum absolute atomic E-state index is 0.134. The highest BCUT2D eigenvalue weighted by Crippen LogP contribution is 2.40. The number of imide groups is 1. The molecule has 0 aliphatic carbocycles. The van der Waals surface area contributed by atoms with E-state index in [1.54, 1.807) is 36.2 Å². The van der Waals surface area contributed by atoms with Crippen molar-refractivity contribution in [2.24, 2.45) is 0 Å². The number of hydrogen-bond donors (Lipinski definition) is 1. The molecular formula is C19H20N2O5S. The summed E-state index contributed by atoms with van der Waals surface area (Å²) in [5.41, 5.74) is 0.924. The molecule has 1 aliphatic heterocycles. The molecule has 1 aliphatic rings. The van der Waals surface area contributed by atoms with Crippen LogP contribution in [0.4, 0.5) is 5.69 Å². The molecule has 0 bridgehead atoms. The number of carbonyl (C=O) groups is 2. The lowest BCUT2D eigenvalue weighted by Gasteiger charge is -2.21. The molecule has 0 atom stereocenters. The summed E-state index contributed by atoms with van der Waals surface area (Å²) in [7, 11) is 4.67. The van der Waals surface area contributed by atoms with Crippen molar-refractivity contribution in [2.75, 3.05) is 39.3 Å². The van der Waals surface area contributed by atoms with Crippen LogP contribution < -0.4 is 14.4 Å². The van der Waals surface area contributed by atoms with Crippen LogP contribution in [0.25, 0.3) is 5.57 Å². The van der Waals surface area contributed by atoms with Crippen molar-refractivity contribution >= 4 is 34.4 Å². The van der Waals surface area contributed by atoms with Crippen molar-refractivity contribution in [3.05, 3.63) is 46.3 Å². The third kappa shape index (κ3) is 3.29. The highest BCUT2D eigenvalue weighted by Gasteiger charge is 2.43. The van der Waals surface area contributed by atoms with Gasteiger partial charge in [-0.2, -0.15) is 0 Å². The second kappa shape index (κ2) is 7.81. The molecule has 2 heterocycles. The number of likely N-dealkylation sites (N-methyl/N-ethyl adjacent to an activating group) is 1. The van der Waals surface area contributed by atoms with Gasteiger partial charge >= 0.3 is 0 Å². The number of nitrogens with zero attached hydrogens (tertiary/aromatic N) is 2. The van der Waals surface area contributed by atoms with Crippen molar-refractivity contribution in [3.63, 3.8) is 0 Å². The number of benzene rings is 1. The van der Waals surface area contributed by atoms with E-state index in [9.17, 15) is 14.7 Å². The van der Waals surface area contributed by atoms with Crippen LogP contribution in [0.3, 0.4) is 0 Å². The molecule has 0 unspecified atom stereocenters. The van der Waals surface area contributed by atoms with Crippen LogP contribution in [0.1, 0.15) is 4.88 Å². The van der Waals surface area contributed by atoms with Gasteiger partial charge in [-0.25, -0.2) is 4.90 Å². The summed E-state index contributed by atoms with van der Waals surface area (Å²) < 4.78 is 10.6. The Morgan fingerprint density at radius 2 is 1.93 bits per heavy atom. The Hall–Kier alpha value is -2.84. The van der Waals surface area contributed by atoms with Gasteiger partial charge < -0.3 is 19.5 Å². The number of aliphatic hydroxyl groups excluding tert-OH is 1. The highest BCUT2D eigenvalue weighted by atomic mass is 32.1. The number of aliphatic hydroxyl groups is 1. The first-order chi connectivity index (χ1) is 13.0. The molecule has 0 saturated heterocycles. The zero-order chi connectivity index (χ0) is 19.6. The highest BCUT2D eigenvalue weighted by molar-refractivity contribution is 7.11. The first-order valence-corrected chi connectivity index (χ1v) is 9.12. The molecule has 0 spiro atoms. The van der Waals surface area contributed by atoms with Crippen LogP contribution in [0.5, 0.6) is 11.5 Å². The Morgan fingerprint density at radius 1 is 1.15 bits per heavy atom. The summed E-state index contributed by atoms with van der Waals surface area (Å²) in [6.07, 6.45) is 0. The SMILES string of the molecule is COc1ccc(N2C(=O)C(c3cccs3)=C(N(C)CCO)C2=O)c(OC)c1. The second-order valence-corrected chi connectivity index (χ2v) is 6.78. The summed E-state index contributed by atoms with van der Waals surface area (Å²) >= 11 is 1.38. The van der Waals surface area contributed by atoms with Crippen LogP contribution in [-0.2, 0) is 9.59 Å². The number of carbonyl (C=O) groups excluding carboxylic acids is 2. The number of hydrogen-bond acceptors (Lipinski definition) is 7. The lowest BCUT2D eigenvalue weighted by atomic mass is 10.2. The van der Waals surface area contributed by atoms with E-state index in [0.29, 0.717) is 27.6 Å². The molecule has 142 valence electrons. The average Bonchev–Trinajstić information content (AvgIpc) is 3.27. The zero-order valence-corrected chi connectivity index (χ0v) is 16.1.